The van der Waals surface area contributed by atoms with E-state index >= 15 is 0 Å². The first-order chi connectivity index (χ1) is 19.3. The summed E-state index contributed by atoms with van der Waals surface area (Å²) in [7, 11) is 0. The van der Waals surface area contributed by atoms with Crippen LogP contribution in [0.1, 0.15) is 31.8 Å². The van der Waals surface area contributed by atoms with E-state index in [9.17, 15) is 24.0 Å². The topological polar surface area (TPSA) is 144 Å². The van der Waals surface area contributed by atoms with Crippen molar-refractivity contribution in [2.75, 3.05) is 31.7 Å². The van der Waals surface area contributed by atoms with Gasteiger partial charge in [0.2, 0.25) is 0 Å². The van der Waals surface area contributed by atoms with Crippen molar-refractivity contribution < 1.29 is 47.7 Å². The Labute approximate surface area is 229 Å². The van der Waals surface area contributed by atoms with Gasteiger partial charge in [0, 0.05) is 5.69 Å². The van der Waals surface area contributed by atoms with E-state index in [-0.39, 0.29) is 25.4 Å². The molecule has 1 N–H and O–H groups in total. The molecule has 40 heavy (non-hydrogen) atoms. The predicted octanol–water partition coefficient (Wildman–Crippen LogP) is 3.84. The third-order valence-corrected chi connectivity index (χ3v) is 5.12. The van der Waals surface area contributed by atoms with Crippen molar-refractivity contribution in [3.8, 4) is 0 Å². The Morgan fingerprint density at radius 2 is 1.10 bits per heavy atom. The average Bonchev–Trinajstić information content (AvgIpc) is 2.97. The molecule has 0 saturated heterocycles. The van der Waals surface area contributed by atoms with E-state index < -0.39 is 43.2 Å². The average molecular weight is 550 g/mol. The summed E-state index contributed by atoms with van der Waals surface area (Å²) in [6.45, 7) is 0.169. The van der Waals surface area contributed by atoms with Gasteiger partial charge in [0.1, 0.15) is 19.8 Å². The van der Waals surface area contributed by atoms with Gasteiger partial charge < -0.3 is 23.7 Å². The summed E-state index contributed by atoms with van der Waals surface area (Å²) >= 11 is 0. The second-order valence-electron chi connectivity index (χ2n) is 8.22. The second kappa shape index (κ2) is 15.3. The van der Waals surface area contributed by atoms with Crippen LogP contribution in [0.15, 0.2) is 78.9 Å². The lowest BCUT2D eigenvalue weighted by atomic mass is 10.1. The van der Waals surface area contributed by atoms with E-state index in [0.29, 0.717) is 11.3 Å². The molecule has 1 amide bonds. The van der Waals surface area contributed by atoms with Crippen LogP contribution in [0.2, 0.25) is 0 Å². The fraction of sp³-hybridized carbons (Fsp3) is 0.207. The van der Waals surface area contributed by atoms with Crippen molar-refractivity contribution >= 4 is 35.7 Å². The minimum atomic E-state index is -0.852. The molecule has 0 atom stereocenters. The van der Waals surface area contributed by atoms with Gasteiger partial charge in [-0.25, -0.2) is 24.0 Å². The number of carbonyl (C=O) groups excluding carboxylic acids is 5. The van der Waals surface area contributed by atoms with Crippen molar-refractivity contribution in [1.82, 2.24) is 0 Å². The number of esters is 4. The Bertz CT molecular complexity index is 1300. The van der Waals surface area contributed by atoms with Crippen molar-refractivity contribution in [3.63, 3.8) is 0 Å². The molecule has 0 heterocycles. The molecule has 0 aliphatic heterocycles. The molecule has 11 heteroatoms. The third kappa shape index (κ3) is 10.3. The van der Waals surface area contributed by atoms with Gasteiger partial charge in [-0.15, -0.1) is 0 Å². The summed E-state index contributed by atoms with van der Waals surface area (Å²) in [5.74, 6) is -3.12. The Balaban J connectivity index is 1.27. The molecule has 3 aromatic rings. The van der Waals surface area contributed by atoms with Gasteiger partial charge in [0.25, 0.3) is 0 Å². The van der Waals surface area contributed by atoms with E-state index in [0.717, 1.165) is 11.1 Å². The standard InChI is InChI=1S/C29H27NO10/c1-20-7-9-22(10-8-20)27(33)38-18-25(31)36-15-16-37-26(32)19-39-28(34)23-11-13-24(14-12-23)30-29(35)40-17-21-5-3-2-4-6-21/h2-14H,15-19H2,1H3,(H,30,35). The zero-order chi connectivity index (χ0) is 28.7. The van der Waals surface area contributed by atoms with Crippen molar-refractivity contribution in [2.45, 2.75) is 13.5 Å². The number of ether oxygens (including phenoxy) is 5. The number of benzene rings is 3. The van der Waals surface area contributed by atoms with Gasteiger partial charge in [-0.3, -0.25) is 5.32 Å². The van der Waals surface area contributed by atoms with E-state index in [4.69, 9.17) is 23.7 Å². The van der Waals surface area contributed by atoms with Crippen molar-refractivity contribution in [3.05, 3.63) is 101 Å². The Hall–Kier alpha value is -5.19. The monoisotopic (exact) mass is 549 g/mol. The van der Waals surface area contributed by atoms with Crippen LogP contribution in [0.5, 0.6) is 0 Å². The zero-order valence-corrected chi connectivity index (χ0v) is 21.6. The van der Waals surface area contributed by atoms with Gasteiger partial charge >= 0.3 is 30.0 Å². The highest BCUT2D eigenvalue weighted by Crippen LogP contribution is 2.12. The first-order valence-corrected chi connectivity index (χ1v) is 12.1. The van der Waals surface area contributed by atoms with Crippen molar-refractivity contribution in [1.29, 1.82) is 0 Å². The number of carbonyl (C=O) groups is 5. The molecular formula is C29H27NO10. The molecule has 0 spiro atoms. The number of amides is 1. The zero-order valence-electron chi connectivity index (χ0n) is 21.6. The molecule has 0 bridgehead atoms. The molecule has 0 radical (unpaired) electrons. The maximum atomic E-state index is 12.2. The summed E-state index contributed by atoms with van der Waals surface area (Å²) < 4.78 is 24.6. The van der Waals surface area contributed by atoms with Crippen LogP contribution < -0.4 is 5.32 Å². The normalized spacial score (nSPS) is 10.1. The fourth-order valence-corrected chi connectivity index (χ4v) is 3.07. The van der Waals surface area contributed by atoms with E-state index in [1.165, 1.54) is 24.3 Å². The summed E-state index contributed by atoms with van der Waals surface area (Å²) in [5.41, 5.74) is 2.65. The van der Waals surface area contributed by atoms with Crippen LogP contribution in [0.3, 0.4) is 0 Å². The van der Waals surface area contributed by atoms with Gasteiger partial charge in [0.05, 0.1) is 11.1 Å². The van der Waals surface area contributed by atoms with Gasteiger partial charge in [-0.1, -0.05) is 48.0 Å². The molecule has 0 fully saturated rings. The minimum absolute atomic E-state index is 0.111. The maximum absolute atomic E-state index is 12.2. The van der Waals surface area contributed by atoms with E-state index in [1.807, 2.05) is 37.3 Å². The predicted molar refractivity (Wildman–Crippen MR) is 140 cm³/mol. The molecule has 3 rings (SSSR count). The quantitative estimate of drug-likeness (QED) is 0.201. The maximum Gasteiger partial charge on any atom is 0.411 e. The number of anilines is 1. The minimum Gasteiger partial charge on any atom is -0.460 e. The lowest BCUT2D eigenvalue weighted by Gasteiger charge is -2.09. The Kier molecular flexibility index (Phi) is 11.2. The highest BCUT2D eigenvalue weighted by molar-refractivity contribution is 5.92. The van der Waals surface area contributed by atoms with Crippen LogP contribution in [-0.4, -0.2) is 56.4 Å². The Morgan fingerprint density at radius 3 is 1.62 bits per heavy atom. The van der Waals surface area contributed by atoms with Crippen LogP contribution in [0.4, 0.5) is 10.5 Å². The lowest BCUT2D eigenvalue weighted by molar-refractivity contribution is -0.155. The Morgan fingerprint density at radius 1 is 0.600 bits per heavy atom. The largest absolute Gasteiger partial charge is 0.460 e. The number of aryl methyl sites for hydroxylation is 1. The number of rotatable bonds is 12. The van der Waals surface area contributed by atoms with E-state index in [2.05, 4.69) is 5.32 Å². The summed E-state index contributed by atoms with van der Waals surface area (Å²) in [5, 5.41) is 2.54. The van der Waals surface area contributed by atoms with E-state index in [1.54, 1.807) is 24.3 Å². The molecule has 0 aliphatic rings. The summed E-state index contributed by atoms with van der Waals surface area (Å²) in [4.78, 5) is 59.4. The van der Waals surface area contributed by atoms with Crippen LogP contribution in [0, 0.1) is 6.92 Å². The molecular weight excluding hydrogens is 522 g/mol. The molecule has 0 aliphatic carbocycles. The number of hydrogen-bond donors (Lipinski definition) is 1. The number of nitrogens with one attached hydrogen (secondary N) is 1. The number of hydrogen-bond acceptors (Lipinski definition) is 10. The molecule has 3 aromatic carbocycles. The van der Waals surface area contributed by atoms with Crippen molar-refractivity contribution in [2.24, 2.45) is 0 Å². The van der Waals surface area contributed by atoms with Gasteiger partial charge in [0.15, 0.2) is 13.2 Å². The SMILES string of the molecule is Cc1ccc(C(=O)OCC(=O)OCCOC(=O)COC(=O)c2ccc(NC(=O)OCc3ccccc3)cc2)cc1. The third-order valence-electron chi connectivity index (χ3n) is 5.12. The lowest BCUT2D eigenvalue weighted by Crippen LogP contribution is -2.21. The molecule has 11 nitrogen and oxygen atoms in total. The van der Waals surface area contributed by atoms with Crippen LogP contribution in [-0.2, 0) is 39.9 Å². The molecule has 208 valence electrons. The van der Waals surface area contributed by atoms with Crippen LogP contribution >= 0.6 is 0 Å². The molecule has 0 saturated carbocycles. The summed E-state index contributed by atoms with van der Waals surface area (Å²) in [6, 6.07) is 21.6. The van der Waals surface area contributed by atoms with Crippen LogP contribution in [0.25, 0.3) is 0 Å². The first kappa shape index (κ1) is 29.4. The second-order valence-corrected chi connectivity index (χ2v) is 8.22. The molecule has 0 aromatic heterocycles. The highest BCUT2D eigenvalue weighted by Gasteiger charge is 2.14. The molecule has 0 unspecified atom stereocenters. The van der Waals surface area contributed by atoms with Gasteiger partial charge in [-0.2, -0.15) is 0 Å². The fourth-order valence-electron chi connectivity index (χ4n) is 3.07. The summed E-state index contributed by atoms with van der Waals surface area (Å²) in [6.07, 6.45) is -0.657. The first-order valence-electron chi connectivity index (χ1n) is 12.1. The highest BCUT2D eigenvalue weighted by atomic mass is 16.6. The smallest absolute Gasteiger partial charge is 0.411 e. The van der Waals surface area contributed by atoms with Gasteiger partial charge in [-0.05, 0) is 48.9 Å².